The number of nitrogens with zero attached hydrogens (tertiary/aromatic N) is 2. The van der Waals surface area contributed by atoms with Crippen LogP contribution in [0.4, 0.5) is 0 Å². The quantitative estimate of drug-likeness (QED) is 0.614. The Labute approximate surface area is 123 Å². The van der Waals surface area contributed by atoms with E-state index in [0.29, 0.717) is 6.04 Å². The van der Waals surface area contributed by atoms with Crippen LogP contribution in [-0.2, 0) is 32.7 Å². The van der Waals surface area contributed by atoms with Gasteiger partial charge in [-0.15, -0.1) is 6.04 Å². The van der Waals surface area contributed by atoms with Crippen molar-refractivity contribution in [1.29, 1.82) is 0 Å². The van der Waals surface area contributed by atoms with Crippen molar-refractivity contribution in [2.75, 3.05) is 6.54 Å². The summed E-state index contributed by atoms with van der Waals surface area (Å²) in [5.41, 5.74) is 0. The molecule has 0 rings (SSSR count). The van der Waals surface area contributed by atoms with Crippen molar-refractivity contribution in [2.24, 2.45) is 0 Å². The van der Waals surface area contributed by atoms with Crippen molar-refractivity contribution in [3.63, 3.8) is 0 Å². The second-order valence-corrected chi connectivity index (χ2v) is 3.20. The molecule has 0 aliphatic rings. The predicted octanol–water partition coefficient (Wildman–Crippen LogP) is 4.58. The molecule has 0 aromatic carbocycles. The average molecular weight is 289 g/mol. The van der Waals surface area contributed by atoms with Crippen LogP contribution in [0, 0.1) is 14.9 Å². The van der Waals surface area contributed by atoms with Gasteiger partial charge in [-0.05, 0) is 0 Å². The second kappa shape index (κ2) is 17.4. The first kappa shape index (κ1) is 25.0. The van der Waals surface area contributed by atoms with Crippen LogP contribution in [0.3, 0.4) is 0 Å². The molecule has 0 saturated heterocycles. The summed E-state index contributed by atoms with van der Waals surface area (Å²) in [6.07, 6.45) is 3.55. The minimum atomic E-state index is 0. The Morgan fingerprint density at radius 2 is 1.53 bits per heavy atom. The molecule has 0 aliphatic heterocycles. The topological polar surface area (TPSA) is 28.2 Å². The number of hydrogen-bond donors (Lipinski definition) is 0. The van der Waals surface area contributed by atoms with Gasteiger partial charge in [0, 0.05) is 32.7 Å². The Kier molecular flexibility index (Phi) is 29.1. The van der Waals surface area contributed by atoms with E-state index >= 15 is 0 Å². The molecule has 0 aromatic heterocycles. The molecular formula is C12H28N2Y-4. The van der Waals surface area contributed by atoms with Crippen molar-refractivity contribution in [2.45, 2.75) is 59.2 Å². The van der Waals surface area contributed by atoms with Crippen LogP contribution in [0.2, 0.25) is 0 Å². The third-order valence-electron chi connectivity index (χ3n) is 1.95. The zero-order valence-electron chi connectivity index (χ0n) is 11.5. The molecule has 93 valence electrons. The van der Waals surface area contributed by atoms with Crippen LogP contribution >= 0.6 is 0 Å². The maximum atomic E-state index is 4.58. The molecule has 2 atom stereocenters. The fourth-order valence-corrected chi connectivity index (χ4v) is 0.959. The Hall–Kier alpha value is 1.02. The van der Waals surface area contributed by atoms with Crippen molar-refractivity contribution >= 4 is 0 Å². The maximum absolute atomic E-state index is 4.58. The zero-order chi connectivity index (χ0) is 9.40. The van der Waals surface area contributed by atoms with E-state index in [9.17, 15) is 0 Å². The van der Waals surface area contributed by atoms with Crippen LogP contribution in [0.25, 0.3) is 10.6 Å². The molecule has 2 unspecified atom stereocenters. The van der Waals surface area contributed by atoms with Gasteiger partial charge in [0.25, 0.3) is 0 Å². The summed E-state index contributed by atoms with van der Waals surface area (Å²) < 4.78 is 0. The van der Waals surface area contributed by atoms with Crippen molar-refractivity contribution in [3.05, 3.63) is 25.5 Å². The molecule has 0 fully saturated rings. The fourth-order valence-electron chi connectivity index (χ4n) is 0.959. The minimum Gasteiger partial charge on any atom is -0.678 e. The molecule has 0 N–H and O–H groups in total. The SMILES string of the molecule is CCC[N-]C(CC)[N-]C(C)CC.[CH3-].[CH3-].[Y]. The van der Waals surface area contributed by atoms with Gasteiger partial charge in [0.05, 0.1) is 0 Å². The molecule has 0 amide bonds. The van der Waals surface area contributed by atoms with Gasteiger partial charge in [0.2, 0.25) is 0 Å². The molecule has 0 aliphatic carbocycles. The van der Waals surface area contributed by atoms with Gasteiger partial charge in [-0.25, -0.2) is 6.17 Å². The Morgan fingerprint density at radius 1 is 1.00 bits per heavy atom. The predicted molar refractivity (Wildman–Crippen MR) is 68.5 cm³/mol. The first-order chi connectivity index (χ1) is 5.74. The smallest absolute Gasteiger partial charge is 0 e. The van der Waals surface area contributed by atoms with Crippen LogP contribution in [0.15, 0.2) is 0 Å². The Morgan fingerprint density at radius 3 is 1.87 bits per heavy atom. The molecule has 0 saturated carbocycles. The van der Waals surface area contributed by atoms with Gasteiger partial charge in [-0.1, -0.05) is 47.0 Å². The van der Waals surface area contributed by atoms with E-state index in [4.69, 9.17) is 0 Å². The zero-order valence-corrected chi connectivity index (χ0v) is 14.3. The van der Waals surface area contributed by atoms with Gasteiger partial charge >= 0.3 is 0 Å². The molecule has 0 bridgehead atoms. The summed E-state index contributed by atoms with van der Waals surface area (Å²) >= 11 is 0. The molecule has 1 radical (unpaired) electrons. The first-order valence-corrected chi connectivity index (χ1v) is 5.11. The van der Waals surface area contributed by atoms with Gasteiger partial charge in [-0.2, -0.15) is 6.54 Å². The van der Waals surface area contributed by atoms with Gasteiger partial charge in [0.15, 0.2) is 0 Å². The molecule has 2 nitrogen and oxygen atoms in total. The summed E-state index contributed by atoms with van der Waals surface area (Å²) in [4.78, 5) is 0. The number of rotatable bonds is 7. The summed E-state index contributed by atoms with van der Waals surface area (Å²) in [7, 11) is 0. The molecule has 15 heavy (non-hydrogen) atoms. The molecular weight excluding hydrogens is 261 g/mol. The van der Waals surface area contributed by atoms with Gasteiger partial charge < -0.3 is 25.5 Å². The van der Waals surface area contributed by atoms with Crippen molar-refractivity contribution < 1.29 is 32.7 Å². The average Bonchev–Trinajstić information content (AvgIpc) is 2.11. The van der Waals surface area contributed by atoms with Crippen LogP contribution in [-0.4, -0.2) is 18.8 Å². The van der Waals surface area contributed by atoms with Crippen LogP contribution in [0.1, 0.15) is 47.0 Å². The number of hydrogen-bond acceptors (Lipinski definition) is 0. The van der Waals surface area contributed by atoms with Gasteiger partial charge in [-0.3, -0.25) is 0 Å². The van der Waals surface area contributed by atoms with Crippen molar-refractivity contribution in [3.8, 4) is 0 Å². The monoisotopic (exact) mass is 289 g/mol. The molecule has 0 spiro atoms. The van der Waals surface area contributed by atoms with E-state index in [1.54, 1.807) is 0 Å². The third kappa shape index (κ3) is 15.0. The fraction of sp³-hybridized carbons (Fsp3) is 0.833. The minimum absolute atomic E-state index is 0. The summed E-state index contributed by atoms with van der Waals surface area (Å²) in [5.74, 6) is 0. The summed E-state index contributed by atoms with van der Waals surface area (Å²) in [6.45, 7) is 9.58. The third-order valence-corrected chi connectivity index (χ3v) is 1.95. The maximum Gasteiger partial charge on any atom is 0 e. The molecule has 3 heteroatoms. The Balaban J connectivity index is -0.000000202. The van der Waals surface area contributed by atoms with E-state index in [0.717, 1.165) is 25.8 Å². The standard InChI is InChI=1S/C10H22N2.2CH3.Y/c1-5-8-11-10(7-3)12-9(4)6-2;;;/h9-10H,5-8H2,1-4H3;2*1H3;/q-2;2*-1;. The van der Waals surface area contributed by atoms with E-state index in [1.807, 2.05) is 0 Å². The second-order valence-electron chi connectivity index (χ2n) is 3.20. The first-order valence-electron chi connectivity index (χ1n) is 5.11. The van der Waals surface area contributed by atoms with Crippen molar-refractivity contribution in [1.82, 2.24) is 0 Å². The largest absolute Gasteiger partial charge is 0.678 e. The van der Waals surface area contributed by atoms with Crippen LogP contribution in [0.5, 0.6) is 0 Å². The molecule has 0 aromatic rings. The van der Waals surface area contributed by atoms with Gasteiger partial charge in [0.1, 0.15) is 0 Å². The summed E-state index contributed by atoms with van der Waals surface area (Å²) in [5, 5.41) is 9.07. The van der Waals surface area contributed by atoms with E-state index < -0.39 is 0 Å². The summed E-state index contributed by atoms with van der Waals surface area (Å²) in [6, 6.07) is 0.468. The Bertz CT molecular complexity index is 99.6. The van der Waals surface area contributed by atoms with E-state index in [1.165, 1.54) is 0 Å². The van der Waals surface area contributed by atoms with E-state index in [2.05, 4.69) is 38.3 Å². The van der Waals surface area contributed by atoms with Crippen LogP contribution < -0.4 is 0 Å². The normalized spacial score (nSPS) is 12.8. The van der Waals surface area contributed by atoms with E-state index in [-0.39, 0.29) is 53.7 Å². The molecule has 0 heterocycles.